The summed E-state index contributed by atoms with van der Waals surface area (Å²) in [5.74, 6) is 0.689. The van der Waals surface area contributed by atoms with Crippen LogP contribution in [0.1, 0.15) is 35.7 Å². The number of amides is 1. The molecule has 1 aliphatic rings. The molecule has 3 nitrogen and oxygen atoms in total. The Kier molecular flexibility index (Phi) is 4.90. The molecule has 1 aliphatic heterocycles. The first-order valence-corrected chi connectivity index (χ1v) is 9.68. The number of halogens is 1. The predicted molar refractivity (Wildman–Crippen MR) is 112 cm³/mol. The van der Waals surface area contributed by atoms with Crippen LogP contribution in [0, 0.1) is 0 Å². The van der Waals surface area contributed by atoms with Crippen LogP contribution in [0.5, 0.6) is 0 Å². The van der Waals surface area contributed by atoms with Gasteiger partial charge >= 0.3 is 0 Å². The SMILES string of the molecule is CC(=O)N1C(c2ccccc2Br)=N[C@@H](c2ccccc2)[C@@H]1c1ccccc1. The monoisotopic (exact) mass is 418 g/mol. The van der Waals surface area contributed by atoms with Gasteiger partial charge in [-0.05, 0) is 17.2 Å². The minimum absolute atomic E-state index is 0.0169. The van der Waals surface area contributed by atoms with Gasteiger partial charge in [0.1, 0.15) is 11.9 Å². The van der Waals surface area contributed by atoms with Crippen LogP contribution < -0.4 is 0 Å². The highest BCUT2D eigenvalue weighted by atomic mass is 79.9. The van der Waals surface area contributed by atoms with Gasteiger partial charge in [0.15, 0.2) is 0 Å². The Morgan fingerprint density at radius 3 is 2.00 bits per heavy atom. The highest BCUT2D eigenvalue weighted by Crippen LogP contribution is 2.44. The van der Waals surface area contributed by atoms with Gasteiger partial charge in [-0.25, -0.2) is 0 Å². The van der Waals surface area contributed by atoms with E-state index in [1.54, 1.807) is 6.92 Å². The lowest BCUT2D eigenvalue weighted by Gasteiger charge is -2.28. The first-order chi connectivity index (χ1) is 13.2. The molecule has 0 bridgehead atoms. The fourth-order valence-corrected chi connectivity index (χ4v) is 4.08. The quantitative estimate of drug-likeness (QED) is 0.549. The van der Waals surface area contributed by atoms with Gasteiger partial charge < -0.3 is 0 Å². The smallest absolute Gasteiger partial charge is 0.225 e. The molecule has 1 heterocycles. The van der Waals surface area contributed by atoms with E-state index < -0.39 is 0 Å². The van der Waals surface area contributed by atoms with Crippen LogP contribution in [-0.2, 0) is 4.79 Å². The number of carbonyl (C=O) groups excluding carboxylic acids is 1. The molecule has 1 amide bonds. The maximum Gasteiger partial charge on any atom is 0.225 e. The Labute approximate surface area is 167 Å². The van der Waals surface area contributed by atoms with Gasteiger partial charge in [0, 0.05) is 17.0 Å². The van der Waals surface area contributed by atoms with Crippen molar-refractivity contribution >= 4 is 27.7 Å². The fraction of sp³-hybridized carbons (Fsp3) is 0.130. The molecule has 0 saturated carbocycles. The van der Waals surface area contributed by atoms with Crippen molar-refractivity contribution < 1.29 is 4.79 Å². The normalized spacial score (nSPS) is 19.0. The Bertz CT molecular complexity index is 986. The Morgan fingerprint density at radius 1 is 0.852 bits per heavy atom. The van der Waals surface area contributed by atoms with Gasteiger partial charge in [0.05, 0.1) is 6.04 Å². The Morgan fingerprint density at radius 2 is 1.41 bits per heavy atom. The van der Waals surface area contributed by atoms with Crippen LogP contribution in [-0.4, -0.2) is 16.6 Å². The second-order valence-corrected chi connectivity index (χ2v) is 7.39. The van der Waals surface area contributed by atoms with Gasteiger partial charge in [0.25, 0.3) is 0 Å². The summed E-state index contributed by atoms with van der Waals surface area (Å²) in [6, 6.07) is 27.9. The minimum Gasteiger partial charge on any atom is -0.287 e. The van der Waals surface area contributed by atoms with Crippen LogP contribution in [0.2, 0.25) is 0 Å². The molecule has 0 aromatic heterocycles. The Hall–Kier alpha value is -2.72. The molecule has 4 rings (SSSR count). The predicted octanol–water partition coefficient (Wildman–Crippen LogP) is 5.54. The van der Waals surface area contributed by atoms with E-state index in [-0.39, 0.29) is 18.0 Å². The fourth-order valence-electron chi connectivity index (χ4n) is 3.61. The number of benzene rings is 3. The van der Waals surface area contributed by atoms with Crippen LogP contribution in [0.4, 0.5) is 0 Å². The number of hydrogen-bond acceptors (Lipinski definition) is 2. The largest absolute Gasteiger partial charge is 0.287 e. The molecule has 0 aliphatic carbocycles. The topological polar surface area (TPSA) is 32.7 Å². The molecule has 0 radical (unpaired) electrons. The van der Waals surface area contributed by atoms with Gasteiger partial charge in [-0.1, -0.05) is 94.8 Å². The molecule has 0 spiro atoms. The summed E-state index contributed by atoms with van der Waals surface area (Å²) >= 11 is 3.62. The zero-order valence-electron chi connectivity index (χ0n) is 14.9. The summed E-state index contributed by atoms with van der Waals surface area (Å²) in [7, 11) is 0. The second-order valence-electron chi connectivity index (χ2n) is 6.53. The molecule has 0 N–H and O–H groups in total. The molecular weight excluding hydrogens is 400 g/mol. The lowest BCUT2D eigenvalue weighted by atomic mass is 9.93. The zero-order chi connectivity index (χ0) is 18.8. The van der Waals surface area contributed by atoms with Crippen molar-refractivity contribution in [3.05, 3.63) is 106 Å². The van der Waals surface area contributed by atoms with E-state index in [4.69, 9.17) is 4.99 Å². The third-order valence-corrected chi connectivity index (χ3v) is 5.49. The van der Waals surface area contributed by atoms with E-state index in [2.05, 4.69) is 40.2 Å². The van der Waals surface area contributed by atoms with Crippen LogP contribution in [0.25, 0.3) is 0 Å². The maximum atomic E-state index is 12.7. The minimum atomic E-state index is -0.173. The number of rotatable bonds is 3. The zero-order valence-corrected chi connectivity index (χ0v) is 16.5. The second kappa shape index (κ2) is 7.49. The maximum absolute atomic E-state index is 12.7. The third kappa shape index (κ3) is 3.33. The molecule has 3 aromatic rings. The molecule has 2 atom stereocenters. The molecule has 0 unspecified atom stereocenters. The highest BCUT2D eigenvalue weighted by Gasteiger charge is 2.41. The molecule has 4 heteroatoms. The molecule has 134 valence electrons. The summed E-state index contributed by atoms with van der Waals surface area (Å²) in [6.07, 6.45) is 0. The van der Waals surface area contributed by atoms with Gasteiger partial charge in [-0.2, -0.15) is 0 Å². The van der Waals surface area contributed by atoms with Crippen LogP contribution >= 0.6 is 15.9 Å². The Balaban J connectivity index is 1.91. The van der Waals surface area contributed by atoms with Gasteiger partial charge in [-0.15, -0.1) is 0 Å². The number of carbonyl (C=O) groups is 1. The summed E-state index contributed by atoms with van der Waals surface area (Å²) in [4.78, 5) is 19.6. The first kappa shape index (κ1) is 17.7. The summed E-state index contributed by atoms with van der Waals surface area (Å²) in [5, 5.41) is 0. The summed E-state index contributed by atoms with van der Waals surface area (Å²) in [6.45, 7) is 1.61. The van der Waals surface area contributed by atoms with Crippen molar-refractivity contribution in [3.63, 3.8) is 0 Å². The van der Waals surface area contributed by atoms with Gasteiger partial charge in [0.2, 0.25) is 5.91 Å². The molecule has 0 saturated heterocycles. The molecule has 0 fully saturated rings. The lowest BCUT2D eigenvalue weighted by molar-refractivity contribution is -0.126. The summed E-state index contributed by atoms with van der Waals surface area (Å²) in [5.41, 5.74) is 3.10. The van der Waals surface area contributed by atoms with E-state index in [1.807, 2.05) is 65.6 Å². The molecular formula is C23H19BrN2O. The standard InChI is InChI=1S/C23H19BrN2O/c1-16(27)26-22(18-12-6-3-7-13-18)21(17-10-4-2-5-11-17)25-23(26)19-14-8-9-15-20(19)24/h2-15,21-22H,1H3/t21-,22-/m0/s1. The van der Waals surface area contributed by atoms with E-state index >= 15 is 0 Å². The van der Waals surface area contributed by atoms with E-state index in [0.717, 1.165) is 21.2 Å². The van der Waals surface area contributed by atoms with Crippen molar-refractivity contribution in [2.45, 2.75) is 19.0 Å². The first-order valence-electron chi connectivity index (χ1n) is 8.89. The highest BCUT2D eigenvalue weighted by molar-refractivity contribution is 9.10. The van der Waals surface area contributed by atoms with E-state index in [0.29, 0.717) is 5.84 Å². The van der Waals surface area contributed by atoms with Crippen LogP contribution in [0.15, 0.2) is 94.4 Å². The number of aliphatic imine (C=N–C) groups is 1. The van der Waals surface area contributed by atoms with E-state index in [1.165, 1.54) is 0 Å². The molecule has 3 aromatic carbocycles. The summed E-state index contributed by atoms with van der Waals surface area (Å²) < 4.78 is 0.926. The van der Waals surface area contributed by atoms with Crippen molar-refractivity contribution in [2.75, 3.05) is 0 Å². The van der Waals surface area contributed by atoms with Crippen molar-refractivity contribution in [3.8, 4) is 0 Å². The number of hydrogen-bond donors (Lipinski definition) is 0. The average Bonchev–Trinajstić information content (AvgIpc) is 3.10. The van der Waals surface area contributed by atoms with Crippen molar-refractivity contribution in [2.24, 2.45) is 4.99 Å². The van der Waals surface area contributed by atoms with Gasteiger partial charge in [-0.3, -0.25) is 14.7 Å². The van der Waals surface area contributed by atoms with Crippen molar-refractivity contribution in [1.82, 2.24) is 4.90 Å². The average molecular weight is 419 g/mol. The molecule has 27 heavy (non-hydrogen) atoms. The number of amidine groups is 1. The van der Waals surface area contributed by atoms with E-state index in [9.17, 15) is 4.79 Å². The van der Waals surface area contributed by atoms with Crippen molar-refractivity contribution in [1.29, 1.82) is 0 Å². The third-order valence-electron chi connectivity index (χ3n) is 4.80. The van der Waals surface area contributed by atoms with Crippen LogP contribution in [0.3, 0.4) is 0 Å². The lowest BCUT2D eigenvalue weighted by Crippen LogP contribution is -2.36. The number of nitrogens with zero attached hydrogens (tertiary/aromatic N) is 2.